The van der Waals surface area contributed by atoms with E-state index in [2.05, 4.69) is 5.16 Å². The molecule has 94 valence electrons. The standard InChI is InChI=1S/C15H9ClFNO/c16-12-5-3-6-13(17)10(12)8-9-15-11-4-1-2-7-14(11)18-19-15/h1-9H. The molecule has 0 atom stereocenters. The first-order valence-electron chi connectivity index (χ1n) is 5.72. The average Bonchev–Trinajstić information content (AvgIpc) is 2.82. The van der Waals surface area contributed by atoms with Gasteiger partial charge in [0.05, 0.1) is 5.02 Å². The molecule has 1 aromatic heterocycles. The van der Waals surface area contributed by atoms with Crippen LogP contribution in [0.25, 0.3) is 23.1 Å². The second-order valence-corrected chi connectivity index (χ2v) is 4.44. The highest BCUT2D eigenvalue weighted by Gasteiger charge is 2.06. The van der Waals surface area contributed by atoms with Crippen LogP contribution in [0, 0.1) is 5.82 Å². The van der Waals surface area contributed by atoms with Gasteiger partial charge in [0, 0.05) is 10.9 Å². The molecule has 0 aliphatic heterocycles. The van der Waals surface area contributed by atoms with Gasteiger partial charge in [-0.15, -0.1) is 0 Å². The van der Waals surface area contributed by atoms with Gasteiger partial charge in [-0.3, -0.25) is 0 Å². The second-order valence-electron chi connectivity index (χ2n) is 4.03. The molecular weight excluding hydrogens is 265 g/mol. The maximum atomic E-state index is 13.6. The van der Waals surface area contributed by atoms with Gasteiger partial charge in [0.1, 0.15) is 11.3 Å². The molecule has 3 rings (SSSR count). The average molecular weight is 274 g/mol. The van der Waals surface area contributed by atoms with Crippen LogP contribution in [0.2, 0.25) is 5.02 Å². The molecular formula is C15H9ClFNO. The zero-order valence-electron chi connectivity index (χ0n) is 9.81. The van der Waals surface area contributed by atoms with E-state index < -0.39 is 0 Å². The highest BCUT2D eigenvalue weighted by molar-refractivity contribution is 6.32. The van der Waals surface area contributed by atoms with Crippen molar-refractivity contribution in [2.75, 3.05) is 0 Å². The lowest BCUT2D eigenvalue weighted by molar-refractivity contribution is 0.421. The van der Waals surface area contributed by atoms with E-state index in [1.807, 2.05) is 24.3 Å². The van der Waals surface area contributed by atoms with Crippen LogP contribution in [-0.2, 0) is 0 Å². The van der Waals surface area contributed by atoms with Crippen molar-refractivity contribution in [2.45, 2.75) is 0 Å². The zero-order valence-corrected chi connectivity index (χ0v) is 10.6. The van der Waals surface area contributed by atoms with Crippen LogP contribution in [0.1, 0.15) is 11.3 Å². The number of rotatable bonds is 2. The van der Waals surface area contributed by atoms with Crippen LogP contribution in [0.5, 0.6) is 0 Å². The van der Waals surface area contributed by atoms with Crippen molar-refractivity contribution in [3.05, 3.63) is 64.6 Å². The van der Waals surface area contributed by atoms with Gasteiger partial charge in [-0.25, -0.2) is 4.39 Å². The summed E-state index contributed by atoms with van der Waals surface area (Å²) < 4.78 is 18.8. The Bertz CT molecular complexity index is 743. The van der Waals surface area contributed by atoms with Crippen LogP contribution in [-0.4, -0.2) is 5.16 Å². The van der Waals surface area contributed by atoms with Crippen LogP contribution in [0.3, 0.4) is 0 Å². The maximum absolute atomic E-state index is 13.6. The van der Waals surface area contributed by atoms with Gasteiger partial charge in [-0.05, 0) is 36.4 Å². The number of nitrogens with zero attached hydrogens (tertiary/aromatic N) is 1. The smallest absolute Gasteiger partial charge is 0.167 e. The fourth-order valence-electron chi connectivity index (χ4n) is 1.86. The molecule has 1 heterocycles. The molecule has 0 saturated carbocycles. The molecule has 4 heteroatoms. The Labute approximate surface area is 114 Å². The van der Waals surface area contributed by atoms with Crippen molar-refractivity contribution in [3.63, 3.8) is 0 Å². The fraction of sp³-hybridized carbons (Fsp3) is 0. The lowest BCUT2D eigenvalue weighted by Crippen LogP contribution is -1.82. The predicted molar refractivity (Wildman–Crippen MR) is 74.3 cm³/mol. The summed E-state index contributed by atoms with van der Waals surface area (Å²) in [7, 11) is 0. The molecule has 0 N–H and O–H groups in total. The van der Waals surface area contributed by atoms with E-state index in [-0.39, 0.29) is 5.82 Å². The Morgan fingerprint density at radius 3 is 2.74 bits per heavy atom. The summed E-state index contributed by atoms with van der Waals surface area (Å²) >= 11 is 5.95. The number of halogens is 2. The third-order valence-electron chi connectivity index (χ3n) is 2.81. The van der Waals surface area contributed by atoms with Gasteiger partial charge in [-0.2, -0.15) is 0 Å². The Hall–Kier alpha value is -2.13. The predicted octanol–water partition coefficient (Wildman–Crippen LogP) is 4.79. The highest BCUT2D eigenvalue weighted by Crippen LogP contribution is 2.24. The summed E-state index contributed by atoms with van der Waals surface area (Å²) in [4.78, 5) is 0. The SMILES string of the molecule is Fc1cccc(Cl)c1C=Cc1onc2ccccc12. The number of benzene rings is 2. The lowest BCUT2D eigenvalue weighted by Gasteiger charge is -1.98. The molecule has 0 unspecified atom stereocenters. The minimum Gasteiger partial charge on any atom is -0.356 e. The number of fused-ring (bicyclic) bond motifs is 1. The summed E-state index contributed by atoms with van der Waals surface area (Å²) in [5.74, 6) is 0.211. The lowest BCUT2D eigenvalue weighted by atomic mass is 10.1. The van der Waals surface area contributed by atoms with Crippen molar-refractivity contribution < 1.29 is 8.91 Å². The number of hydrogen-bond donors (Lipinski definition) is 0. The first kappa shape index (κ1) is 11.9. The molecule has 3 aromatic rings. The largest absolute Gasteiger partial charge is 0.356 e. The quantitative estimate of drug-likeness (QED) is 0.671. The summed E-state index contributed by atoms with van der Waals surface area (Å²) in [5.41, 5.74) is 1.10. The van der Waals surface area contributed by atoms with E-state index in [0.717, 1.165) is 10.9 Å². The Morgan fingerprint density at radius 1 is 1.05 bits per heavy atom. The second kappa shape index (κ2) is 4.86. The van der Waals surface area contributed by atoms with Gasteiger partial charge in [-0.1, -0.05) is 35.0 Å². The van der Waals surface area contributed by atoms with E-state index >= 15 is 0 Å². The van der Waals surface area contributed by atoms with E-state index in [1.165, 1.54) is 6.07 Å². The summed E-state index contributed by atoms with van der Waals surface area (Å²) in [6.45, 7) is 0. The molecule has 19 heavy (non-hydrogen) atoms. The number of aromatic nitrogens is 1. The van der Waals surface area contributed by atoms with E-state index in [9.17, 15) is 4.39 Å². The van der Waals surface area contributed by atoms with Crippen LogP contribution < -0.4 is 0 Å². The summed E-state index contributed by atoms with van der Waals surface area (Å²) in [6, 6.07) is 12.1. The minimum absolute atomic E-state index is 0.338. The third kappa shape index (κ3) is 2.25. The van der Waals surface area contributed by atoms with Crippen LogP contribution in [0.4, 0.5) is 4.39 Å². The minimum atomic E-state index is -0.368. The highest BCUT2D eigenvalue weighted by atomic mass is 35.5. The summed E-state index contributed by atoms with van der Waals surface area (Å²) in [6.07, 6.45) is 3.25. The van der Waals surface area contributed by atoms with E-state index in [4.69, 9.17) is 16.1 Å². The van der Waals surface area contributed by atoms with Crippen LogP contribution in [0.15, 0.2) is 47.0 Å². The van der Waals surface area contributed by atoms with Crippen molar-refractivity contribution in [2.24, 2.45) is 0 Å². The molecule has 2 nitrogen and oxygen atoms in total. The molecule has 0 aliphatic carbocycles. The first-order valence-corrected chi connectivity index (χ1v) is 6.10. The van der Waals surface area contributed by atoms with Gasteiger partial charge in [0.2, 0.25) is 0 Å². The normalized spacial score (nSPS) is 11.5. The molecule has 0 fully saturated rings. The molecule has 0 spiro atoms. The van der Waals surface area contributed by atoms with E-state index in [1.54, 1.807) is 24.3 Å². The van der Waals surface area contributed by atoms with Crippen molar-refractivity contribution in [1.29, 1.82) is 0 Å². The molecule has 2 aromatic carbocycles. The van der Waals surface area contributed by atoms with Crippen LogP contribution >= 0.6 is 11.6 Å². The van der Waals surface area contributed by atoms with Crippen molar-refractivity contribution in [1.82, 2.24) is 5.16 Å². The maximum Gasteiger partial charge on any atom is 0.167 e. The van der Waals surface area contributed by atoms with Gasteiger partial charge in [0.15, 0.2) is 5.76 Å². The van der Waals surface area contributed by atoms with Gasteiger partial charge < -0.3 is 4.52 Å². The summed E-state index contributed by atoms with van der Waals surface area (Å²) in [5, 5.41) is 5.16. The van der Waals surface area contributed by atoms with Crippen molar-refractivity contribution >= 4 is 34.7 Å². The Kier molecular flexibility index (Phi) is 3.05. The monoisotopic (exact) mass is 273 g/mol. The topological polar surface area (TPSA) is 26.0 Å². The van der Waals surface area contributed by atoms with E-state index in [0.29, 0.717) is 16.3 Å². The Balaban J connectivity index is 2.03. The third-order valence-corrected chi connectivity index (χ3v) is 3.14. The van der Waals surface area contributed by atoms with Gasteiger partial charge in [0.25, 0.3) is 0 Å². The number of hydrogen-bond acceptors (Lipinski definition) is 2. The Morgan fingerprint density at radius 2 is 1.89 bits per heavy atom. The fourth-order valence-corrected chi connectivity index (χ4v) is 2.08. The van der Waals surface area contributed by atoms with Crippen molar-refractivity contribution in [3.8, 4) is 0 Å². The van der Waals surface area contributed by atoms with Gasteiger partial charge >= 0.3 is 0 Å². The molecule has 0 bridgehead atoms. The molecule has 0 radical (unpaired) electrons. The molecule has 0 saturated heterocycles. The molecule has 0 aliphatic rings. The molecule has 0 amide bonds. The zero-order chi connectivity index (χ0) is 13.2. The first-order chi connectivity index (χ1) is 9.25.